The van der Waals surface area contributed by atoms with Gasteiger partial charge in [-0.1, -0.05) is 49.2 Å². The fourth-order valence-corrected chi connectivity index (χ4v) is 5.29. The van der Waals surface area contributed by atoms with Gasteiger partial charge in [-0.2, -0.15) is 0 Å². The van der Waals surface area contributed by atoms with Crippen LogP contribution in [0.3, 0.4) is 0 Å². The zero-order valence-electron chi connectivity index (χ0n) is 17.2. The molecule has 2 aromatic heterocycles. The van der Waals surface area contributed by atoms with Crippen LogP contribution in [0.25, 0.3) is 16.4 Å². The number of aromatic nitrogens is 3. The van der Waals surface area contributed by atoms with Crippen LogP contribution in [0.1, 0.15) is 39.0 Å². The highest BCUT2D eigenvalue weighted by Crippen LogP contribution is 2.35. The molecule has 1 unspecified atom stereocenters. The molecule has 0 radical (unpaired) electrons. The Bertz CT molecular complexity index is 981. The molecule has 8 heteroatoms. The van der Waals surface area contributed by atoms with E-state index in [1.807, 2.05) is 53.3 Å². The summed E-state index contributed by atoms with van der Waals surface area (Å²) in [6.07, 6.45) is 5.80. The van der Waals surface area contributed by atoms with E-state index in [-0.39, 0.29) is 11.2 Å². The van der Waals surface area contributed by atoms with Crippen molar-refractivity contribution >= 4 is 29.0 Å². The van der Waals surface area contributed by atoms with Crippen molar-refractivity contribution in [2.75, 3.05) is 7.11 Å². The van der Waals surface area contributed by atoms with E-state index in [9.17, 15) is 4.79 Å². The summed E-state index contributed by atoms with van der Waals surface area (Å²) < 4.78 is 7.57. The van der Waals surface area contributed by atoms with E-state index in [1.54, 1.807) is 18.4 Å². The number of hydrogen-bond donors (Lipinski definition) is 1. The fourth-order valence-electron chi connectivity index (χ4n) is 3.72. The summed E-state index contributed by atoms with van der Waals surface area (Å²) in [4.78, 5) is 13.8. The molecule has 3 aromatic rings. The monoisotopic (exact) mass is 442 g/mol. The molecule has 4 rings (SSSR count). The molecule has 2 heterocycles. The first-order valence-corrected chi connectivity index (χ1v) is 12.0. The number of methoxy groups -OCH3 is 1. The smallest absolute Gasteiger partial charge is 0.233 e. The van der Waals surface area contributed by atoms with E-state index in [4.69, 9.17) is 4.74 Å². The van der Waals surface area contributed by atoms with E-state index in [2.05, 4.69) is 15.5 Å². The number of para-hydroxylation sites is 2. The highest BCUT2D eigenvalue weighted by molar-refractivity contribution is 8.00. The second kappa shape index (κ2) is 9.66. The second-order valence-electron chi connectivity index (χ2n) is 7.39. The molecule has 0 saturated heterocycles. The third-order valence-electron chi connectivity index (χ3n) is 5.30. The van der Waals surface area contributed by atoms with E-state index in [0.29, 0.717) is 11.2 Å². The van der Waals surface area contributed by atoms with Gasteiger partial charge < -0.3 is 10.1 Å². The molecule has 1 N–H and O–H groups in total. The van der Waals surface area contributed by atoms with Gasteiger partial charge in [-0.3, -0.25) is 9.36 Å². The van der Waals surface area contributed by atoms with Crippen LogP contribution >= 0.6 is 23.1 Å². The van der Waals surface area contributed by atoms with Crippen LogP contribution in [0, 0.1) is 0 Å². The van der Waals surface area contributed by atoms with Crippen LogP contribution in [-0.4, -0.2) is 39.1 Å². The number of hydrogen-bond acceptors (Lipinski definition) is 6. The summed E-state index contributed by atoms with van der Waals surface area (Å²) >= 11 is 3.03. The average molecular weight is 443 g/mol. The molecule has 6 nitrogen and oxygen atoms in total. The number of carbonyl (C=O) groups is 1. The van der Waals surface area contributed by atoms with E-state index in [0.717, 1.165) is 35.0 Å². The molecule has 1 aliphatic carbocycles. The summed E-state index contributed by atoms with van der Waals surface area (Å²) in [7, 11) is 1.65. The quantitative estimate of drug-likeness (QED) is 0.525. The van der Waals surface area contributed by atoms with E-state index < -0.39 is 0 Å². The summed E-state index contributed by atoms with van der Waals surface area (Å²) in [6, 6.07) is 12.1. The van der Waals surface area contributed by atoms with E-state index >= 15 is 0 Å². The molecule has 1 amide bonds. The van der Waals surface area contributed by atoms with Crippen LogP contribution in [0.5, 0.6) is 5.75 Å². The minimum atomic E-state index is -0.277. The summed E-state index contributed by atoms with van der Waals surface area (Å²) in [5.74, 6) is 1.53. The van der Waals surface area contributed by atoms with Gasteiger partial charge in [-0.25, -0.2) is 0 Å². The zero-order chi connectivity index (χ0) is 20.9. The largest absolute Gasteiger partial charge is 0.495 e. The first-order valence-electron chi connectivity index (χ1n) is 10.3. The number of benzene rings is 1. The molecular weight excluding hydrogens is 416 g/mol. The summed E-state index contributed by atoms with van der Waals surface area (Å²) in [5.41, 5.74) is 0.857. The van der Waals surface area contributed by atoms with Crippen molar-refractivity contribution in [1.82, 2.24) is 20.1 Å². The number of thioether (sulfide) groups is 1. The van der Waals surface area contributed by atoms with Crippen LogP contribution in [0.15, 0.2) is 46.9 Å². The minimum absolute atomic E-state index is 0.0548. The van der Waals surface area contributed by atoms with Crippen LogP contribution in [0.2, 0.25) is 0 Å². The lowest BCUT2D eigenvalue weighted by atomic mass is 9.95. The maximum atomic E-state index is 12.8. The van der Waals surface area contributed by atoms with E-state index in [1.165, 1.54) is 31.0 Å². The molecule has 0 spiro atoms. The Kier molecular flexibility index (Phi) is 6.74. The highest BCUT2D eigenvalue weighted by Gasteiger charge is 2.25. The molecule has 0 aliphatic heterocycles. The van der Waals surface area contributed by atoms with Crippen molar-refractivity contribution in [3.63, 3.8) is 0 Å². The molecule has 1 saturated carbocycles. The van der Waals surface area contributed by atoms with Crippen LogP contribution in [-0.2, 0) is 4.79 Å². The number of nitrogens with zero attached hydrogens (tertiary/aromatic N) is 3. The maximum absolute atomic E-state index is 12.8. The molecule has 1 atom stereocenters. The number of nitrogens with one attached hydrogen (secondary N) is 1. The fraction of sp³-hybridized carbons (Fsp3) is 0.409. The first kappa shape index (κ1) is 20.9. The predicted molar refractivity (Wildman–Crippen MR) is 122 cm³/mol. The van der Waals surface area contributed by atoms with Gasteiger partial charge in [0.25, 0.3) is 0 Å². The lowest BCUT2D eigenvalue weighted by molar-refractivity contribution is -0.121. The molecule has 30 heavy (non-hydrogen) atoms. The van der Waals surface area contributed by atoms with Crippen molar-refractivity contribution in [3.05, 3.63) is 41.8 Å². The third-order valence-corrected chi connectivity index (χ3v) is 7.21. The number of rotatable bonds is 7. The normalized spacial score (nSPS) is 15.7. The van der Waals surface area contributed by atoms with Gasteiger partial charge in [-0.15, -0.1) is 21.5 Å². The van der Waals surface area contributed by atoms with Gasteiger partial charge in [0.1, 0.15) is 5.75 Å². The first-order chi connectivity index (χ1) is 14.7. The van der Waals surface area contributed by atoms with Gasteiger partial charge in [0, 0.05) is 6.04 Å². The van der Waals surface area contributed by atoms with Crippen molar-refractivity contribution in [1.29, 1.82) is 0 Å². The summed E-state index contributed by atoms with van der Waals surface area (Å²) in [5, 5.41) is 14.5. The maximum Gasteiger partial charge on any atom is 0.233 e. The molecule has 1 fully saturated rings. The Hall–Kier alpha value is -2.32. The molecule has 1 aromatic carbocycles. The Morgan fingerprint density at radius 1 is 1.20 bits per heavy atom. The zero-order valence-corrected chi connectivity index (χ0v) is 18.8. The molecule has 1 aliphatic rings. The third kappa shape index (κ3) is 4.54. The SMILES string of the molecule is COc1ccccc1-n1c(SC(C)C(=O)NC2CCCCC2)nnc1-c1cccs1. The second-order valence-corrected chi connectivity index (χ2v) is 9.65. The van der Waals surface area contributed by atoms with Crippen LogP contribution in [0.4, 0.5) is 0 Å². The van der Waals surface area contributed by atoms with Crippen molar-refractivity contribution in [2.45, 2.75) is 55.5 Å². The van der Waals surface area contributed by atoms with Gasteiger partial charge in [0.05, 0.1) is 22.9 Å². The van der Waals surface area contributed by atoms with Gasteiger partial charge >= 0.3 is 0 Å². The molecule has 158 valence electrons. The average Bonchev–Trinajstić information content (AvgIpc) is 3.44. The summed E-state index contributed by atoms with van der Waals surface area (Å²) in [6.45, 7) is 1.93. The number of thiophene rings is 1. The minimum Gasteiger partial charge on any atom is -0.495 e. The standard InChI is InChI=1S/C22H26N4O2S2/c1-15(21(27)23-16-9-4-3-5-10-16)30-22-25-24-20(19-13-8-14-29-19)26(22)17-11-6-7-12-18(17)28-2/h6-8,11-16H,3-5,9-10H2,1-2H3,(H,23,27). The topological polar surface area (TPSA) is 69.0 Å². The Morgan fingerprint density at radius 3 is 2.73 bits per heavy atom. The Labute approximate surface area is 185 Å². The van der Waals surface area contributed by atoms with Gasteiger partial charge in [0.15, 0.2) is 11.0 Å². The van der Waals surface area contributed by atoms with Crippen LogP contribution < -0.4 is 10.1 Å². The lowest BCUT2D eigenvalue weighted by Crippen LogP contribution is -2.40. The highest BCUT2D eigenvalue weighted by atomic mass is 32.2. The molecular formula is C22H26N4O2S2. The van der Waals surface area contributed by atoms with Crippen molar-refractivity contribution in [2.24, 2.45) is 0 Å². The Balaban J connectivity index is 1.62. The number of carbonyl (C=O) groups excluding carboxylic acids is 1. The van der Waals surface area contributed by atoms with Gasteiger partial charge in [-0.05, 0) is 43.3 Å². The Morgan fingerprint density at radius 2 is 2.00 bits per heavy atom. The number of amides is 1. The predicted octanol–water partition coefficient (Wildman–Crippen LogP) is 4.93. The van der Waals surface area contributed by atoms with Crippen molar-refractivity contribution < 1.29 is 9.53 Å². The lowest BCUT2D eigenvalue weighted by Gasteiger charge is -2.24. The van der Waals surface area contributed by atoms with Gasteiger partial charge in [0.2, 0.25) is 5.91 Å². The number of ether oxygens (including phenoxy) is 1. The van der Waals surface area contributed by atoms with Crippen molar-refractivity contribution in [3.8, 4) is 22.1 Å². The molecule has 0 bridgehead atoms.